The van der Waals surface area contributed by atoms with Crippen molar-refractivity contribution in [2.24, 2.45) is 10.7 Å². The van der Waals surface area contributed by atoms with Crippen LogP contribution in [0.5, 0.6) is 0 Å². The van der Waals surface area contributed by atoms with Crippen LogP contribution in [0.25, 0.3) is 0 Å². The molecular formula is C5H7ClN4. The molecule has 0 fully saturated rings. The van der Waals surface area contributed by atoms with Gasteiger partial charge in [0.25, 0.3) is 0 Å². The summed E-state index contributed by atoms with van der Waals surface area (Å²) in [6.07, 6.45) is 1.61. The molecule has 10 heavy (non-hydrogen) atoms. The first-order valence-electron chi connectivity index (χ1n) is 2.45. The largest absolute Gasteiger partial charge is 0.369 e. The summed E-state index contributed by atoms with van der Waals surface area (Å²) >= 11 is 5.35. The van der Waals surface area contributed by atoms with Gasteiger partial charge in [0.1, 0.15) is 0 Å². The fraction of sp³-hybridized carbons (Fsp3) is 0.200. The summed E-state index contributed by atoms with van der Waals surface area (Å²) in [6.45, 7) is 3.60. The molecule has 3 N–H and O–H groups in total. The number of guanidine groups is 1. The van der Waals surface area contributed by atoms with Crippen LogP contribution < -0.4 is 11.1 Å². The molecule has 5 heteroatoms. The lowest BCUT2D eigenvalue weighted by Gasteiger charge is -1.93. The molecule has 0 aliphatic carbocycles. The zero-order chi connectivity index (χ0) is 7.98. The quantitative estimate of drug-likeness (QED) is 0.260. The maximum Gasteiger partial charge on any atom is 0.202 e. The summed E-state index contributed by atoms with van der Waals surface area (Å²) in [7, 11) is 0. The van der Waals surface area contributed by atoms with E-state index in [2.05, 4.69) is 16.9 Å². The Morgan fingerprint density at radius 3 is 2.90 bits per heavy atom. The van der Waals surface area contributed by atoms with Crippen molar-refractivity contribution in [3.8, 4) is 6.19 Å². The number of nitrogens with one attached hydrogen (secondary N) is 1. The molecule has 0 heterocycles. The Kier molecular flexibility index (Phi) is 4.09. The van der Waals surface area contributed by atoms with Gasteiger partial charge in [0.05, 0.1) is 6.54 Å². The molecule has 0 saturated carbocycles. The molecule has 4 nitrogen and oxygen atoms in total. The van der Waals surface area contributed by atoms with E-state index in [0.29, 0.717) is 5.03 Å². The molecule has 0 spiro atoms. The molecule has 0 aliphatic heterocycles. The summed E-state index contributed by atoms with van der Waals surface area (Å²) in [5.41, 5.74) is 5.15. The number of rotatable bonds is 2. The average molecular weight is 159 g/mol. The van der Waals surface area contributed by atoms with Crippen molar-refractivity contribution in [2.45, 2.75) is 0 Å². The highest BCUT2D eigenvalue weighted by atomic mass is 35.5. The molecule has 0 unspecified atom stereocenters. The van der Waals surface area contributed by atoms with Gasteiger partial charge in [-0.3, -0.25) is 5.32 Å². The van der Waals surface area contributed by atoms with Crippen molar-refractivity contribution < 1.29 is 0 Å². The topological polar surface area (TPSA) is 74.2 Å². The predicted molar refractivity (Wildman–Crippen MR) is 40.2 cm³/mol. The van der Waals surface area contributed by atoms with Crippen LogP contribution >= 0.6 is 11.6 Å². The molecule has 0 atom stereocenters. The summed E-state index contributed by atoms with van der Waals surface area (Å²) in [4.78, 5) is 3.64. The Hall–Kier alpha value is -1.21. The minimum absolute atomic E-state index is 0.0456. The first-order chi connectivity index (χ1) is 4.66. The Morgan fingerprint density at radius 2 is 2.50 bits per heavy atom. The van der Waals surface area contributed by atoms with Gasteiger partial charge in [-0.2, -0.15) is 5.26 Å². The number of nitriles is 1. The van der Waals surface area contributed by atoms with Crippen LogP contribution in [-0.2, 0) is 0 Å². The van der Waals surface area contributed by atoms with Gasteiger partial charge in [0.2, 0.25) is 5.96 Å². The van der Waals surface area contributed by atoms with Crippen LogP contribution in [-0.4, -0.2) is 12.5 Å². The molecule has 0 aromatic rings. The summed E-state index contributed by atoms with van der Waals surface area (Å²) in [6, 6.07) is 0. The van der Waals surface area contributed by atoms with Crippen LogP contribution in [0.4, 0.5) is 0 Å². The van der Waals surface area contributed by atoms with Crippen LogP contribution in [0.1, 0.15) is 0 Å². The van der Waals surface area contributed by atoms with E-state index in [1.54, 1.807) is 6.19 Å². The molecule has 0 saturated heterocycles. The van der Waals surface area contributed by atoms with E-state index in [9.17, 15) is 0 Å². The van der Waals surface area contributed by atoms with Crippen LogP contribution in [0.15, 0.2) is 16.6 Å². The van der Waals surface area contributed by atoms with Crippen molar-refractivity contribution in [2.75, 3.05) is 6.54 Å². The zero-order valence-electron chi connectivity index (χ0n) is 5.26. The number of nitrogens with zero attached hydrogens (tertiary/aromatic N) is 2. The molecule has 0 aromatic carbocycles. The van der Waals surface area contributed by atoms with Gasteiger partial charge in [0, 0.05) is 5.03 Å². The molecule has 0 aliphatic rings. The molecule has 0 bridgehead atoms. The summed E-state index contributed by atoms with van der Waals surface area (Å²) in [5, 5.41) is 10.5. The highest BCUT2D eigenvalue weighted by Crippen LogP contribution is 1.94. The first-order valence-corrected chi connectivity index (χ1v) is 2.83. The van der Waals surface area contributed by atoms with Crippen molar-refractivity contribution in [3.63, 3.8) is 0 Å². The molecular weight excluding hydrogens is 152 g/mol. The van der Waals surface area contributed by atoms with E-state index in [0.717, 1.165) is 0 Å². The fourth-order valence-electron chi connectivity index (χ4n) is 0.268. The minimum Gasteiger partial charge on any atom is -0.369 e. The molecule has 0 radical (unpaired) electrons. The molecule has 0 aromatic heterocycles. The number of halogens is 1. The van der Waals surface area contributed by atoms with Gasteiger partial charge in [-0.25, -0.2) is 4.99 Å². The van der Waals surface area contributed by atoms with Gasteiger partial charge in [-0.1, -0.05) is 18.2 Å². The van der Waals surface area contributed by atoms with Crippen molar-refractivity contribution >= 4 is 17.6 Å². The van der Waals surface area contributed by atoms with Gasteiger partial charge in [-0.15, -0.1) is 0 Å². The summed E-state index contributed by atoms with van der Waals surface area (Å²) < 4.78 is 0. The molecule has 0 rings (SSSR count). The smallest absolute Gasteiger partial charge is 0.202 e. The van der Waals surface area contributed by atoms with E-state index in [-0.39, 0.29) is 12.5 Å². The van der Waals surface area contributed by atoms with E-state index in [1.165, 1.54) is 0 Å². The highest BCUT2D eigenvalue weighted by molar-refractivity contribution is 6.29. The second kappa shape index (κ2) is 4.65. The number of hydrogen-bond donors (Lipinski definition) is 2. The lowest BCUT2D eigenvalue weighted by molar-refractivity contribution is 1.13. The Balaban J connectivity index is 3.71. The van der Waals surface area contributed by atoms with Gasteiger partial charge in [-0.05, 0) is 0 Å². The van der Waals surface area contributed by atoms with Gasteiger partial charge >= 0.3 is 0 Å². The van der Waals surface area contributed by atoms with E-state index < -0.39 is 0 Å². The fourth-order valence-corrected chi connectivity index (χ4v) is 0.328. The van der Waals surface area contributed by atoms with Gasteiger partial charge < -0.3 is 5.73 Å². The first kappa shape index (κ1) is 8.79. The maximum atomic E-state index is 8.02. The van der Waals surface area contributed by atoms with E-state index in [1.807, 2.05) is 0 Å². The highest BCUT2D eigenvalue weighted by Gasteiger charge is 1.87. The Morgan fingerprint density at radius 1 is 1.90 bits per heavy atom. The molecule has 0 amide bonds. The Labute approximate surface area is 64.0 Å². The normalized spacial score (nSPS) is 10.2. The van der Waals surface area contributed by atoms with E-state index >= 15 is 0 Å². The molecule has 54 valence electrons. The standard InChI is InChI=1S/C5H7ClN4/c1-4(6)2-9-5(8)10-3-7/h1-2H2,(H3,8,9,10). The maximum absolute atomic E-state index is 8.02. The van der Waals surface area contributed by atoms with E-state index in [4.69, 9.17) is 22.6 Å². The average Bonchev–Trinajstić information content (AvgIpc) is 1.85. The second-order valence-electron chi connectivity index (χ2n) is 1.46. The van der Waals surface area contributed by atoms with Crippen LogP contribution in [0, 0.1) is 11.5 Å². The lowest BCUT2D eigenvalue weighted by Crippen LogP contribution is -2.27. The second-order valence-corrected chi connectivity index (χ2v) is 1.99. The minimum atomic E-state index is 0.0456. The third-order valence-electron chi connectivity index (χ3n) is 0.605. The monoisotopic (exact) mass is 158 g/mol. The van der Waals surface area contributed by atoms with Crippen molar-refractivity contribution in [1.29, 1.82) is 5.26 Å². The third kappa shape index (κ3) is 4.94. The number of nitrogens with two attached hydrogens (primary N) is 1. The SMILES string of the molecule is C=C(Cl)CN=C(N)NC#N. The van der Waals surface area contributed by atoms with Crippen molar-refractivity contribution in [1.82, 2.24) is 5.32 Å². The summed E-state index contributed by atoms with van der Waals surface area (Å²) in [5.74, 6) is 0.0456. The van der Waals surface area contributed by atoms with Crippen LogP contribution in [0.3, 0.4) is 0 Å². The Bertz CT molecular complexity index is 190. The predicted octanol–water partition coefficient (Wildman–Crippen LogP) is 0.124. The van der Waals surface area contributed by atoms with Crippen LogP contribution in [0.2, 0.25) is 0 Å². The third-order valence-corrected chi connectivity index (χ3v) is 0.724. The van der Waals surface area contributed by atoms with Gasteiger partial charge in [0.15, 0.2) is 6.19 Å². The van der Waals surface area contributed by atoms with Crippen molar-refractivity contribution in [3.05, 3.63) is 11.6 Å². The zero-order valence-corrected chi connectivity index (χ0v) is 6.02. The number of hydrogen-bond acceptors (Lipinski definition) is 2. The number of aliphatic imine (C=N–C) groups is 1. The lowest BCUT2D eigenvalue weighted by atomic mass is 10.6.